The van der Waals surface area contributed by atoms with E-state index in [0.717, 1.165) is 11.3 Å². The van der Waals surface area contributed by atoms with Crippen LogP contribution in [0.15, 0.2) is 47.8 Å². The van der Waals surface area contributed by atoms with Crippen molar-refractivity contribution in [1.29, 1.82) is 0 Å². The largest absolute Gasteiger partial charge is 0.493 e. The maximum atomic E-state index is 12.3. The Hall–Kier alpha value is -3.06. The summed E-state index contributed by atoms with van der Waals surface area (Å²) in [5.41, 5.74) is 3.42. The van der Waals surface area contributed by atoms with Crippen LogP contribution in [0.4, 0.5) is 10.8 Å². The van der Waals surface area contributed by atoms with Gasteiger partial charge in [-0.25, -0.2) is 4.98 Å². The number of benzene rings is 2. The zero-order valence-electron chi connectivity index (χ0n) is 15.4. The summed E-state index contributed by atoms with van der Waals surface area (Å²) in [5.74, 6) is 1.07. The van der Waals surface area contributed by atoms with Gasteiger partial charge < -0.3 is 20.1 Å². The maximum Gasteiger partial charge on any atom is 0.271 e. The average Bonchev–Trinajstić information content (AvgIpc) is 3.15. The highest BCUT2D eigenvalue weighted by atomic mass is 32.1. The highest BCUT2D eigenvalue weighted by Crippen LogP contribution is 2.31. The first-order valence-corrected chi connectivity index (χ1v) is 9.25. The molecule has 0 saturated heterocycles. The Kier molecular flexibility index (Phi) is 5.93. The lowest BCUT2D eigenvalue weighted by molar-refractivity contribution is 0.0946. The first-order chi connectivity index (χ1) is 13.1. The van der Waals surface area contributed by atoms with Crippen molar-refractivity contribution in [1.82, 2.24) is 10.3 Å². The number of carbonyl (C=O) groups is 1. The number of hydrogen-bond donors (Lipinski definition) is 2. The van der Waals surface area contributed by atoms with Gasteiger partial charge in [-0.15, -0.1) is 11.3 Å². The first-order valence-electron chi connectivity index (χ1n) is 8.37. The third-order valence-corrected chi connectivity index (χ3v) is 4.70. The number of anilines is 2. The van der Waals surface area contributed by atoms with Gasteiger partial charge in [-0.3, -0.25) is 4.79 Å². The second kappa shape index (κ2) is 8.55. The van der Waals surface area contributed by atoms with Crippen LogP contribution in [0.5, 0.6) is 11.5 Å². The average molecular weight is 383 g/mol. The highest BCUT2D eigenvalue weighted by molar-refractivity contribution is 7.14. The highest BCUT2D eigenvalue weighted by Gasteiger charge is 2.12. The van der Waals surface area contributed by atoms with E-state index in [-0.39, 0.29) is 5.91 Å². The van der Waals surface area contributed by atoms with E-state index in [1.54, 1.807) is 19.6 Å². The molecule has 0 bridgehead atoms. The van der Waals surface area contributed by atoms with Crippen molar-refractivity contribution in [2.24, 2.45) is 0 Å². The van der Waals surface area contributed by atoms with Crippen molar-refractivity contribution in [2.45, 2.75) is 13.5 Å². The maximum absolute atomic E-state index is 12.3. The summed E-state index contributed by atoms with van der Waals surface area (Å²) >= 11 is 1.36. The molecule has 3 aromatic rings. The van der Waals surface area contributed by atoms with Crippen molar-refractivity contribution in [3.05, 3.63) is 64.7 Å². The number of methoxy groups -OCH3 is 2. The predicted octanol–water partition coefficient (Wildman–Crippen LogP) is 4.14. The van der Waals surface area contributed by atoms with Gasteiger partial charge in [-0.1, -0.05) is 29.8 Å². The Labute approximate surface area is 162 Å². The van der Waals surface area contributed by atoms with Gasteiger partial charge in [0.25, 0.3) is 5.91 Å². The van der Waals surface area contributed by atoms with Crippen LogP contribution in [0.25, 0.3) is 0 Å². The molecule has 27 heavy (non-hydrogen) atoms. The summed E-state index contributed by atoms with van der Waals surface area (Å²) in [6, 6.07) is 13.5. The number of ether oxygens (including phenoxy) is 2. The molecular formula is C20H21N3O3S. The lowest BCUT2D eigenvalue weighted by Crippen LogP contribution is -2.23. The Balaban J connectivity index is 1.62. The van der Waals surface area contributed by atoms with E-state index in [9.17, 15) is 4.79 Å². The lowest BCUT2D eigenvalue weighted by atomic mass is 10.1. The zero-order valence-corrected chi connectivity index (χ0v) is 16.2. The van der Waals surface area contributed by atoms with Crippen molar-refractivity contribution >= 4 is 28.1 Å². The van der Waals surface area contributed by atoms with Crippen LogP contribution >= 0.6 is 11.3 Å². The van der Waals surface area contributed by atoms with E-state index < -0.39 is 0 Å². The Morgan fingerprint density at radius 1 is 1.07 bits per heavy atom. The van der Waals surface area contributed by atoms with E-state index in [1.165, 1.54) is 16.9 Å². The topological polar surface area (TPSA) is 72.5 Å². The molecule has 0 spiro atoms. The van der Waals surface area contributed by atoms with Gasteiger partial charge in [0.15, 0.2) is 16.6 Å². The van der Waals surface area contributed by atoms with Crippen LogP contribution in [-0.2, 0) is 6.54 Å². The molecule has 1 amide bonds. The quantitative estimate of drug-likeness (QED) is 0.641. The van der Waals surface area contributed by atoms with Gasteiger partial charge in [0.1, 0.15) is 5.69 Å². The second-order valence-corrected chi connectivity index (χ2v) is 6.76. The SMILES string of the molecule is COc1ccc(Nc2nc(C(=O)NCc3ccc(C)cc3)cs2)cc1OC. The molecule has 0 radical (unpaired) electrons. The molecule has 0 aliphatic heterocycles. The monoisotopic (exact) mass is 383 g/mol. The number of carbonyl (C=O) groups excluding carboxylic acids is 1. The molecule has 1 heterocycles. The number of hydrogen-bond acceptors (Lipinski definition) is 6. The third kappa shape index (κ3) is 4.77. The number of aromatic nitrogens is 1. The van der Waals surface area contributed by atoms with Crippen LogP contribution in [0, 0.1) is 6.92 Å². The molecule has 0 aliphatic carbocycles. The minimum atomic E-state index is -0.202. The number of amides is 1. The predicted molar refractivity (Wildman–Crippen MR) is 107 cm³/mol. The van der Waals surface area contributed by atoms with Gasteiger partial charge in [0.05, 0.1) is 14.2 Å². The zero-order chi connectivity index (χ0) is 19.2. The number of nitrogens with one attached hydrogen (secondary N) is 2. The van der Waals surface area contributed by atoms with Gasteiger partial charge in [-0.05, 0) is 24.6 Å². The molecule has 0 atom stereocenters. The summed E-state index contributed by atoms with van der Waals surface area (Å²) in [7, 11) is 3.18. The molecule has 7 heteroatoms. The smallest absolute Gasteiger partial charge is 0.271 e. The standard InChI is InChI=1S/C20H21N3O3S/c1-13-4-6-14(7-5-13)11-21-19(24)16-12-27-20(23-16)22-15-8-9-17(25-2)18(10-15)26-3/h4-10,12H,11H2,1-3H3,(H,21,24)(H,22,23). The molecule has 0 unspecified atom stereocenters. The van der Waals surface area contributed by atoms with Crippen LogP contribution < -0.4 is 20.1 Å². The molecule has 0 fully saturated rings. The van der Waals surface area contributed by atoms with E-state index in [1.807, 2.05) is 49.4 Å². The lowest BCUT2D eigenvalue weighted by Gasteiger charge is -2.09. The van der Waals surface area contributed by atoms with E-state index >= 15 is 0 Å². The Morgan fingerprint density at radius 3 is 2.52 bits per heavy atom. The number of aryl methyl sites for hydroxylation is 1. The number of nitrogens with zero attached hydrogens (tertiary/aromatic N) is 1. The number of rotatable bonds is 7. The first kappa shape index (κ1) is 18.7. The van der Waals surface area contributed by atoms with Gasteiger partial charge in [-0.2, -0.15) is 0 Å². The van der Waals surface area contributed by atoms with Crippen molar-refractivity contribution in [2.75, 3.05) is 19.5 Å². The molecule has 2 N–H and O–H groups in total. The molecule has 6 nitrogen and oxygen atoms in total. The normalized spacial score (nSPS) is 10.3. The summed E-state index contributed by atoms with van der Waals surface area (Å²) in [6.45, 7) is 2.50. The number of thiazole rings is 1. The Morgan fingerprint density at radius 2 is 1.81 bits per heavy atom. The molecule has 3 rings (SSSR count). The molecular weight excluding hydrogens is 362 g/mol. The summed E-state index contributed by atoms with van der Waals surface area (Å²) in [5, 5.41) is 8.42. The minimum absolute atomic E-state index is 0.202. The van der Waals surface area contributed by atoms with Crippen molar-refractivity contribution < 1.29 is 14.3 Å². The fourth-order valence-corrected chi connectivity index (χ4v) is 3.16. The van der Waals surface area contributed by atoms with E-state index in [0.29, 0.717) is 28.9 Å². The van der Waals surface area contributed by atoms with E-state index in [2.05, 4.69) is 15.6 Å². The third-order valence-electron chi connectivity index (χ3n) is 3.95. The van der Waals surface area contributed by atoms with Crippen LogP contribution in [0.1, 0.15) is 21.6 Å². The van der Waals surface area contributed by atoms with Gasteiger partial charge in [0.2, 0.25) is 0 Å². The van der Waals surface area contributed by atoms with Crippen molar-refractivity contribution in [3.8, 4) is 11.5 Å². The van der Waals surface area contributed by atoms with Crippen LogP contribution in [-0.4, -0.2) is 25.1 Å². The second-order valence-electron chi connectivity index (χ2n) is 5.90. The summed E-state index contributed by atoms with van der Waals surface area (Å²) in [6.07, 6.45) is 0. The van der Waals surface area contributed by atoms with E-state index in [4.69, 9.17) is 9.47 Å². The fourth-order valence-electron chi connectivity index (χ4n) is 2.45. The molecule has 0 saturated carbocycles. The summed E-state index contributed by atoms with van der Waals surface area (Å²) in [4.78, 5) is 16.7. The van der Waals surface area contributed by atoms with Gasteiger partial charge in [0, 0.05) is 23.7 Å². The Bertz CT molecular complexity index is 922. The summed E-state index contributed by atoms with van der Waals surface area (Å²) < 4.78 is 10.5. The minimum Gasteiger partial charge on any atom is -0.493 e. The molecule has 2 aromatic carbocycles. The van der Waals surface area contributed by atoms with Crippen LogP contribution in [0.2, 0.25) is 0 Å². The molecule has 140 valence electrons. The fraction of sp³-hybridized carbons (Fsp3) is 0.200. The molecule has 1 aromatic heterocycles. The van der Waals surface area contributed by atoms with Gasteiger partial charge >= 0.3 is 0 Å². The molecule has 0 aliphatic rings. The van der Waals surface area contributed by atoms with Crippen LogP contribution in [0.3, 0.4) is 0 Å². The van der Waals surface area contributed by atoms with Crippen molar-refractivity contribution in [3.63, 3.8) is 0 Å².